The van der Waals surface area contributed by atoms with Crippen molar-refractivity contribution in [2.24, 2.45) is 0 Å². The zero-order chi connectivity index (χ0) is 19.6. The fraction of sp³-hybridized carbons (Fsp3) is 0.895. The van der Waals surface area contributed by atoms with Gasteiger partial charge in [0.15, 0.2) is 0 Å². The van der Waals surface area contributed by atoms with E-state index >= 15 is 0 Å². The quantitative estimate of drug-likeness (QED) is 0.186. The molecule has 0 aromatic rings. The van der Waals surface area contributed by atoms with Crippen LogP contribution in [0.2, 0.25) is 0 Å². The Balaban J connectivity index is 3.23. The Bertz CT molecular complexity index is 385. The zero-order valence-electron chi connectivity index (χ0n) is 15.9. The molecule has 0 bridgehead atoms. The minimum Gasteiger partial charge on any atom is -0.481 e. The number of aliphatic carboxylic acids is 2. The second kappa shape index (κ2) is 16.8. The predicted octanol–water partition coefficient (Wildman–Crippen LogP) is 5.04. The highest BCUT2D eigenvalue weighted by Gasteiger charge is 2.27. The molecule has 0 radical (unpaired) electrons. The van der Waals surface area contributed by atoms with Gasteiger partial charge >= 0.3 is 18.0 Å². The molecule has 7 nitrogen and oxygen atoms in total. The lowest BCUT2D eigenvalue weighted by Crippen LogP contribution is -2.28. The number of hydrogen-bond donors (Lipinski definition) is 2. The molecule has 0 aliphatic carbocycles. The molecule has 1 unspecified atom stereocenters. The number of carbonyl (C=O) groups is 2. The highest BCUT2D eigenvalue weighted by molar-refractivity contribution is 5.71. The van der Waals surface area contributed by atoms with Crippen molar-refractivity contribution >= 4 is 11.9 Å². The molecule has 152 valence electrons. The van der Waals surface area contributed by atoms with Crippen molar-refractivity contribution in [3.63, 3.8) is 0 Å². The third-order valence-corrected chi connectivity index (χ3v) is 4.66. The maximum Gasteiger partial charge on any atom is 0.379 e. The Morgan fingerprint density at radius 3 is 1.35 bits per heavy atom. The Hall–Kier alpha value is -1.66. The van der Waals surface area contributed by atoms with Crippen LogP contribution in [0.25, 0.3) is 0 Å². The molecule has 7 heteroatoms. The van der Waals surface area contributed by atoms with Crippen LogP contribution in [0.5, 0.6) is 0 Å². The van der Waals surface area contributed by atoms with Gasteiger partial charge in [0, 0.05) is 17.8 Å². The number of unbranched alkanes of at least 4 members (excludes halogenated alkanes) is 13. The van der Waals surface area contributed by atoms with E-state index < -0.39 is 22.9 Å². The van der Waals surface area contributed by atoms with Crippen LogP contribution in [-0.2, 0) is 9.59 Å². The summed E-state index contributed by atoms with van der Waals surface area (Å²) in [4.78, 5) is 30.9. The number of nitrogens with zero attached hydrogens (tertiary/aromatic N) is 1. The molecule has 2 N–H and O–H groups in total. The minimum atomic E-state index is -1.45. The van der Waals surface area contributed by atoms with E-state index in [0.717, 1.165) is 38.5 Å². The average Bonchev–Trinajstić information content (AvgIpc) is 2.56. The van der Waals surface area contributed by atoms with Gasteiger partial charge in [0.05, 0.1) is 0 Å². The molecule has 0 aliphatic heterocycles. The molecular formula is C19H35NO6. The van der Waals surface area contributed by atoms with E-state index in [2.05, 4.69) is 0 Å². The van der Waals surface area contributed by atoms with Crippen LogP contribution in [0, 0.1) is 10.1 Å². The van der Waals surface area contributed by atoms with Crippen LogP contribution >= 0.6 is 0 Å². The maximum atomic E-state index is 10.7. The van der Waals surface area contributed by atoms with Gasteiger partial charge in [-0.25, -0.2) is 4.79 Å². The lowest BCUT2D eigenvalue weighted by atomic mass is 10.0. The van der Waals surface area contributed by atoms with E-state index in [1.54, 1.807) is 0 Å². The Morgan fingerprint density at radius 1 is 0.692 bits per heavy atom. The van der Waals surface area contributed by atoms with Crippen LogP contribution in [0.4, 0.5) is 0 Å². The largest absolute Gasteiger partial charge is 0.481 e. The Morgan fingerprint density at radius 2 is 1.04 bits per heavy atom. The van der Waals surface area contributed by atoms with Gasteiger partial charge in [-0.05, 0) is 12.8 Å². The lowest BCUT2D eigenvalue weighted by Gasteiger charge is -2.05. The number of carboxylic acid groups (broad SMARTS) is 2. The molecule has 0 amide bonds. The lowest BCUT2D eigenvalue weighted by molar-refractivity contribution is -0.511. The topological polar surface area (TPSA) is 118 Å². The summed E-state index contributed by atoms with van der Waals surface area (Å²) in [5.74, 6) is -2.04. The summed E-state index contributed by atoms with van der Waals surface area (Å²) < 4.78 is 0. The van der Waals surface area contributed by atoms with Gasteiger partial charge in [-0.3, -0.25) is 14.9 Å². The van der Waals surface area contributed by atoms with E-state index in [1.807, 2.05) is 0 Å². The van der Waals surface area contributed by atoms with Crippen molar-refractivity contribution < 1.29 is 24.7 Å². The molecular weight excluding hydrogens is 338 g/mol. The third kappa shape index (κ3) is 15.8. The van der Waals surface area contributed by atoms with E-state index in [0.29, 0.717) is 6.42 Å². The van der Waals surface area contributed by atoms with Crippen molar-refractivity contribution in [2.45, 2.75) is 109 Å². The molecule has 26 heavy (non-hydrogen) atoms. The van der Waals surface area contributed by atoms with E-state index in [4.69, 9.17) is 10.2 Å². The number of nitro groups is 1. The van der Waals surface area contributed by atoms with Gasteiger partial charge in [-0.1, -0.05) is 77.0 Å². The summed E-state index contributed by atoms with van der Waals surface area (Å²) in [6.45, 7) is 0. The molecule has 0 aromatic heterocycles. The van der Waals surface area contributed by atoms with Crippen molar-refractivity contribution in [3.8, 4) is 0 Å². The van der Waals surface area contributed by atoms with Crippen LogP contribution in [0.3, 0.4) is 0 Å². The molecule has 0 saturated heterocycles. The zero-order valence-corrected chi connectivity index (χ0v) is 15.9. The van der Waals surface area contributed by atoms with Gasteiger partial charge in [-0.15, -0.1) is 0 Å². The SMILES string of the molecule is O=C(O)CCCCCCCCCCCCCCCCC(C(=O)O)[N+](=O)[O-]. The summed E-state index contributed by atoms with van der Waals surface area (Å²) in [6.07, 6.45) is 15.5. The highest BCUT2D eigenvalue weighted by atomic mass is 16.6. The van der Waals surface area contributed by atoms with Crippen molar-refractivity contribution in [2.75, 3.05) is 0 Å². The monoisotopic (exact) mass is 373 g/mol. The van der Waals surface area contributed by atoms with E-state index in [-0.39, 0.29) is 12.8 Å². The standard InChI is InChI=1S/C19H35NO6/c21-18(22)16-14-12-10-8-6-4-2-1-3-5-7-9-11-13-15-17(19(23)24)20(25)26/h17H,1-16H2,(H,21,22)(H,23,24). The third-order valence-electron chi connectivity index (χ3n) is 4.66. The molecule has 1 atom stereocenters. The Labute approximate surface area is 156 Å². The summed E-state index contributed by atoms with van der Waals surface area (Å²) in [7, 11) is 0. The first kappa shape index (κ1) is 24.3. The van der Waals surface area contributed by atoms with E-state index in [9.17, 15) is 19.7 Å². The predicted molar refractivity (Wildman–Crippen MR) is 99.9 cm³/mol. The highest BCUT2D eigenvalue weighted by Crippen LogP contribution is 2.14. The van der Waals surface area contributed by atoms with Crippen LogP contribution in [0.15, 0.2) is 0 Å². The van der Waals surface area contributed by atoms with E-state index in [1.165, 1.54) is 44.9 Å². The number of hydrogen-bond acceptors (Lipinski definition) is 4. The molecule has 0 fully saturated rings. The normalized spacial score (nSPS) is 12.0. The van der Waals surface area contributed by atoms with Gasteiger partial charge in [0.2, 0.25) is 0 Å². The first-order chi connectivity index (χ1) is 12.4. The molecule has 0 spiro atoms. The van der Waals surface area contributed by atoms with Gasteiger partial charge in [-0.2, -0.15) is 0 Å². The molecule has 0 aromatic carbocycles. The first-order valence-electron chi connectivity index (χ1n) is 10.0. The summed E-state index contributed by atoms with van der Waals surface area (Å²) in [5, 5.41) is 27.8. The summed E-state index contributed by atoms with van der Waals surface area (Å²) in [5.41, 5.74) is 0. The minimum absolute atomic E-state index is 0.124. The molecule has 0 saturated carbocycles. The second-order valence-electron chi connectivity index (χ2n) is 7.02. The average molecular weight is 373 g/mol. The molecule has 0 heterocycles. The van der Waals surface area contributed by atoms with Crippen LogP contribution in [0.1, 0.15) is 103 Å². The van der Waals surface area contributed by atoms with Gasteiger partial charge < -0.3 is 10.2 Å². The molecule has 0 aliphatic rings. The summed E-state index contributed by atoms with van der Waals surface area (Å²) >= 11 is 0. The van der Waals surface area contributed by atoms with Crippen LogP contribution < -0.4 is 0 Å². The van der Waals surface area contributed by atoms with Crippen LogP contribution in [-0.4, -0.2) is 33.1 Å². The second-order valence-corrected chi connectivity index (χ2v) is 7.02. The van der Waals surface area contributed by atoms with Crippen molar-refractivity contribution in [1.29, 1.82) is 0 Å². The smallest absolute Gasteiger partial charge is 0.379 e. The number of carboxylic acids is 2. The Kier molecular flexibility index (Phi) is 15.7. The maximum absolute atomic E-state index is 10.7. The first-order valence-corrected chi connectivity index (χ1v) is 10.0. The van der Waals surface area contributed by atoms with Gasteiger partial charge in [0.1, 0.15) is 0 Å². The summed E-state index contributed by atoms with van der Waals surface area (Å²) in [6, 6.07) is -1.45. The molecule has 0 rings (SSSR count). The fourth-order valence-corrected chi connectivity index (χ4v) is 3.05. The van der Waals surface area contributed by atoms with Gasteiger partial charge in [0.25, 0.3) is 0 Å². The fourth-order valence-electron chi connectivity index (χ4n) is 3.05. The van der Waals surface area contributed by atoms with Crippen molar-refractivity contribution in [3.05, 3.63) is 10.1 Å². The van der Waals surface area contributed by atoms with Crippen molar-refractivity contribution in [1.82, 2.24) is 0 Å². The number of rotatable bonds is 19.